The molecule has 4 rings (SSSR count). The van der Waals surface area contributed by atoms with Gasteiger partial charge in [-0.05, 0) is 18.4 Å². The van der Waals surface area contributed by atoms with E-state index < -0.39 is 0 Å². The molecule has 2 aromatic rings. The van der Waals surface area contributed by atoms with Crippen LogP contribution in [0, 0.1) is 0 Å². The standard InChI is InChI=1S/C21H26N6O2/c28-20(22-15-19-24-23-18-9-5-2-6-13-26(18)19)10-11-21(29)27-14-12-17(25-27)16-7-3-1-4-8-16/h1,3-4,7-8H,2,5-6,9-15H2,(H,22,28). The van der Waals surface area contributed by atoms with Crippen molar-refractivity contribution in [2.75, 3.05) is 6.54 Å². The van der Waals surface area contributed by atoms with E-state index in [9.17, 15) is 9.59 Å². The molecule has 0 bridgehead atoms. The molecular weight excluding hydrogens is 368 g/mol. The molecule has 1 N–H and O–H groups in total. The van der Waals surface area contributed by atoms with E-state index in [1.165, 1.54) is 11.4 Å². The maximum Gasteiger partial charge on any atom is 0.243 e. The minimum Gasteiger partial charge on any atom is -0.349 e. The number of carbonyl (C=O) groups excluding carboxylic acids is 2. The molecule has 0 saturated carbocycles. The molecule has 0 fully saturated rings. The van der Waals surface area contributed by atoms with Crippen LogP contribution >= 0.6 is 0 Å². The normalized spacial score (nSPS) is 16.1. The predicted molar refractivity (Wildman–Crippen MR) is 108 cm³/mol. The smallest absolute Gasteiger partial charge is 0.243 e. The molecule has 0 aliphatic carbocycles. The molecule has 8 heteroatoms. The highest BCUT2D eigenvalue weighted by Crippen LogP contribution is 2.16. The van der Waals surface area contributed by atoms with E-state index in [0.29, 0.717) is 13.1 Å². The van der Waals surface area contributed by atoms with Crippen molar-refractivity contribution >= 4 is 17.5 Å². The maximum atomic E-state index is 12.4. The summed E-state index contributed by atoms with van der Waals surface area (Å²) < 4.78 is 2.11. The third-order valence-corrected chi connectivity index (χ3v) is 5.39. The number of hydrogen-bond donors (Lipinski definition) is 1. The first-order valence-corrected chi connectivity index (χ1v) is 10.3. The van der Waals surface area contributed by atoms with Crippen molar-refractivity contribution in [3.63, 3.8) is 0 Å². The number of amides is 2. The zero-order valence-electron chi connectivity index (χ0n) is 16.5. The van der Waals surface area contributed by atoms with Crippen LogP contribution in [-0.4, -0.2) is 43.8 Å². The molecule has 1 aromatic heterocycles. The van der Waals surface area contributed by atoms with Crippen LogP contribution in [0.4, 0.5) is 0 Å². The minimum absolute atomic E-state index is 0.123. The Bertz CT molecular complexity index is 905. The molecule has 2 aliphatic rings. The van der Waals surface area contributed by atoms with Gasteiger partial charge in [-0.25, -0.2) is 5.01 Å². The number of nitrogens with one attached hydrogen (secondary N) is 1. The Balaban J connectivity index is 1.24. The van der Waals surface area contributed by atoms with Crippen LogP contribution in [0.1, 0.15) is 55.7 Å². The van der Waals surface area contributed by atoms with Crippen molar-refractivity contribution in [1.29, 1.82) is 0 Å². The molecule has 152 valence electrons. The summed E-state index contributed by atoms with van der Waals surface area (Å²) in [5.74, 6) is 1.51. The number of nitrogens with zero attached hydrogens (tertiary/aromatic N) is 5. The molecule has 0 unspecified atom stereocenters. The van der Waals surface area contributed by atoms with Crippen molar-refractivity contribution in [1.82, 2.24) is 25.1 Å². The van der Waals surface area contributed by atoms with Crippen LogP contribution in [0.25, 0.3) is 0 Å². The monoisotopic (exact) mass is 394 g/mol. The van der Waals surface area contributed by atoms with Gasteiger partial charge in [0.05, 0.1) is 18.8 Å². The molecule has 2 amide bonds. The van der Waals surface area contributed by atoms with Crippen molar-refractivity contribution < 1.29 is 9.59 Å². The van der Waals surface area contributed by atoms with E-state index in [4.69, 9.17) is 0 Å². The molecule has 8 nitrogen and oxygen atoms in total. The summed E-state index contributed by atoms with van der Waals surface area (Å²) in [4.78, 5) is 24.6. The molecule has 2 aliphatic heterocycles. The average Bonchev–Trinajstić information content (AvgIpc) is 3.33. The van der Waals surface area contributed by atoms with E-state index >= 15 is 0 Å². The van der Waals surface area contributed by atoms with E-state index in [1.54, 1.807) is 0 Å². The van der Waals surface area contributed by atoms with Crippen LogP contribution in [0.15, 0.2) is 35.4 Å². The Morgan fingerprint density at radius 1 is 0.966 bits per heavy atom. The van der Waals surface area contributed by atoms with Crippen molar-refractivity contribution in [3.05, 3.63) is 47.5 Å². The van der Waals surface area contributed by atoms with Gasteiger partial charge in [0.15, 0.2) is 5.82 Å². The van der Waals surface area contributed by atoms with Gasteiger partial charge in [0.25, 0.3) is 0 Å². The quantitative estimate of drug-likeness (QED) is 0.811. The predicted octanol–water partition coefficient (Wildman–Crippen LogP) is 2.04. The SMILES string of the molecule is O=C(CCC(=O)N1CCC(c2ccccc2)=N1)NCc1nnc2n1CCCCC2. The summed E-state index contributed by atoms with van der Waals surface area (Å²) in [5, 5.41) is 17.2. The molecule has 0 radical (unpaired) electrons. The zero-order chi connectivity index (χ0) is 20.1. The number of aryl methyl sites for hydroxylation is 1. The van der Waals surface area contributed by atoms with E-state index in [1.807, 2.05) is 30.3 Å². The number of rotatable bonds is 6. The Morgan fingerprint density at radius 3 is 2.69 bits per heavy atom. The second kappa shape index (κ2) is 8.98. The molecule has 0 atom stereocenters. The van der Waals surface area contributed by atoms with Gasteiger partial charge >= 0.3 is 0 Å². The first kappa shape index (κ1) is 19.3. The van der Waals surface area contributed by atoms with Gasteiger partial charge < -0.3 is 9.88 Å². The summed E-state index contributed by atoms with van der Waals surface area (Å²) in [6.07, 6.45) is 5.42. The lowest BCUT2D eigenvalue weighted by Crippen LogP contribution is -2.28. The topological polar surface area (TPSA) is 92.5 Å². The first-order chi connectivity index (χ1) is 14.2. The summed E-state index contributed by atoms with van der Waals surface area (Å²) in [7, 11) is 0. The lowest BCUT2D eigenvalue weighted by atomic mass is 10.1. The lowest BCUT2D eigenvalue weighted by molar-refractivity contribution is -0.133. The lowest BCUT2D eigenvalue weighted by Gasteiger charge is -2.11. The molecule has 1 aromatic carbocycles. The van der Waals surface area contributed by atoms with Crippen LogP contribution in [-0.2, 0) is 29.1 Å². The highest BCUT2D eigenvalue weighted by Gasteiger charge is 2.22. The fourth-order valence-electron chi connectivity index (χ4n) is 3.76. The summed E-state index contributed by atoms with van der Waals surface area (Å²) in [5.41, 5.74) is 1.95. The second-order valence-corrected chi connectivity index (χ2v) is 7.45. The second-order valence-electron chi connectivity index (χ2n) is 7.45. The van der Waals surface area contributed by atoms with Crippen LogP contribution < -0.4 is 5.32 Å². The fraction of sp³-hybridized carbons (Fsp3) is 0.476. The number of hydrazone groups is 1. The van der Waals surface area contributed by atoms with Gasteiger partial charge in [0.2, 0.25) is 11.8 Å². The summed E-state index contributed by atoms with van der Waals surface area (Å²) in [6.45, 7) is 1.82. The Kier molecular flexibility index (Phi) is 5.97. The first-order valence-electron chi connectivity index (χ1n) is 10.3. The van der Waals surface area contributed by atoms with E-state index in [0.717, 1.165) is 55.2 Å². The van der Waals surface area contributed by atoms with Gasteiger partial charge in [-0.2, -0.15) is 5.10 Å². The van der Waals surface area contributed by atoms with Gasteiger partial charge in [-0.15, -0.1) is 10.2 Å². The van der Waals surface area contributed by atoms with Crippen LogP contribution in [0.2, 0.25) is 0 Å². The molecule has 0 saturated heterocycles. The number of hydrogen-bond acceptors (Lipinski definition) is 5. The van der Waals surface area contributed by atoms with Gasteiger partial charge in [-0.3, -0.25) is 9.59 Å². The van der Waals surface area contributed by atoms with Crippen molar-refractivity contribution in [3.8, 4) is 0 Å². The highest BCUT2D eigenvalue weighted by molar-refractivity contribution is 6.02. The summed E-state index contributed by atoms with van der Waals surface area (Å²) >= 11 is 0. The maximum absolute atomic E-state index is 12.4. The Hall–Kier alpha value is -3.03. The Morgan fingerprint density at radius 2 is 1.83 bits per heavy atom. The number of benzene rings is 1. The Labute approximate surface area is 170 Å². The number of fused-ring (bicyclic) bond motifs is 1. The summed E-state index contributed by atoms with van der Waals surface area (Å²) in [6, 6.07) is 9.86. The van der Waals surface area contributed by atoms with E-state index in [2.05, 4.69) is 25.2 Å². The molecule has 0 spiro atoms. The van der Waals surface area contributed by atoms with Gasteiger partial charge in [-0.1, -0.05) is 36.8 Å². The molecular formula is C21H26N6O2. The zero-order valence-corrected chi connectivity index (χ0v) is 16.5. The van der Waals surface area contributed by atoms with E-state index in [-0.39, 0.29) is 24.7 Å². The van der Waals surface area contributed by atoms with Gasteiger partial charge in [0.1, 0.15) is 5.82 Å². The van der Waals surface area contributed by atoms with Gasteiger partial charge in [0, 0.05) is 32.2 Å². The third-order valence-electron chi connectivity index (χ3n) is 5.39. The largest absolute Gasteiger partial charge is 0.349 e. The molecule has 3 heterocycles. The molecule has 29 heavy (non-hydrogen) atoms. The number of aromatic nitrogens is 3. The third kappa shape index (κ3) is 4.70. The fourth-order valence-corrected chi connectivity index (χ4v) is 3.76. The number of carbonyl (C=O) groups is 2. The van der Waals surface area contributed by atoms with Crippen LogP contribution in [0.5, 0.6) is 0 Å². The minimum atomic E-state index is -0.157. The van der Waals surface area contributed by atoms with Crippen LogP contribution in [0.3, 0.4) is 0 Å². The average molecular weight is 394 g/mol. The highest BCUT2D eigenvalue weighted by atomic mass is 16.2. The van der Waals surface area contributed by atoms with Crippen molar-refractivity contribution in [2.24, 2.45) is 5.10 Å². The van der Waals surface area contributed by atoms with Crippen molar-refractivity contribution in [2.45, 2.75) is 58.0 Å².